The van der Waals surface area contributed by atoms with Gasteiger partial charge < -0.3 is 15.4 Å². The Kier molecular flexibility index (Phi) is 6.99. The summed E-state index contributed by atoms with van der Waals surface area (Å²) in [6.45, 7) is 1.91. The van der Waals surface area contributed by atoms with Gasteiger partial charge in [-0.25, -0.2) is 23.2 Å². The van der Waals surface area contributed by atoms with Crippen molar-refractivity contribution in [3.63, 3.8) is 0 Å². The van der Waals surface area contributed by atoms with E-state index in [1.54, 1.807) is 11.8 Å². The molecule has 1 aromatic heterocycles. The Balaban J connectivity index is 1.67. The zero-order valence-electron chi connectivity index (χ0n) is 16.4. The van der Waals surface area contributed by atoms with Gasteiger partial charge in [-0.05, 0) is 26.2 Å². The van der Waals surface area contributed by atoms with Gasteiger partial charge >= 0.3 is 5.97 Å². The topological polar surface area (TPSA) is 133 Å². The third-order valence-corrected chi connectivity index (χ3v) is 7.82. The van der Waals surface area contributed by atoms with Gasteiger partial charge in [-0.2, -0.15) is 0 Å². The van der Waals surface area contributed by atoms with Crippen molar-refractivity contribution in [3.8, 4) is 0 Å². The normalized spacial score (nSPS) is 21.2. The highest BCUT2D eigenvalue weighted by atomic mass is 32.2. The van der Waals surface area contributed by atoms with Crippen molar-refractivity contribution < 1.29 is 22.7 Å². The first-order valence-electron chi connectivity index (χ1n) is 9.74. The Labute approximate surface area is 174 Å². The minimum Gasteiger partial charge on any atom is -0.462 e. The summed E-state index contributed by atoms with van der Waals surface area (Å²) in [5.41, 5.74) is 5.91. The molecule has 11 heteroatoms. The van der Waals surface area contributed by atoms with Gasteiger partial charge in [-0.3, -0.25) is 4.79 Å². The number of hydrogen-bond donors (Lipinski definition) is 1. The summed E-state index contributed by atoms with van der Waals surface area (Å²) in [6, 6.07) is -0.160. The van der Waals surface area contributed by atoms with Crippen molar-refractivity contribution in [3.05, 3.63) is 11.8 Å². The quantitative estimate of drug-likeness (QED) is 0.377. The molecule has 9 nitrogen and oxygen atoms in total. The maximum absolute atomic E-state index is 13.0. The number of nitrogen functional groups attached to an aromatic ring is 1. The molecule has 0 unspecified atom stereocenters. The first kappa shape index (κ1) is 21.8. The van der Waals surface area contributed by atoms with Gasteiger partial charge in [0.15, 0.2) is 15.0 Å². The standard InChI is InChI=1S/C18H26N4O5S2/c1-2-27-17(24)14-9-20-18(21-16(14)19)28-10-15(23)22(12-5-3-4-6-12)13-7-8-29(25,26)11-13/h9,12-13H,2-8,10-11H2,1H3,(H2,19,20,21)/t13-/m1/s1. The fraction of sp³-hybridized carbons (Fsp3) is 0.667. The van der Waals surface area contributed by atoms with Crippen LogP contribution in [0.4, 0.5) is 5.82 Å². The molecule has 1 saturated carbocycles. The van der Waals surface area contributed by atoms with Gasteiger partial charge in [0, 0.05) is 18.3 Å². The summed E-state index contributed by atoms with van der Waals surface area (Å²) in [7, 11) is -3.08. The molecule has 0 bridgehead atoms. The molecule has 0 radical (unpaired) electrons. The number of nitrogens with two attached hydrogens (primary N) is 1. The predicted octanol–water partition coefficient (Wildman–Crippen LogP) is 1.29. The van der Waals surface area contributed by atoms with E-state index >= 15 is 0 Å². The largest absolute Gasteiger partial charge is 0.462 e. The van der Waals surface area contributed by atoms with E-state index in [2.05, 4.69) is 9.97 Å². The minimum atomic E-state index is -3.08. The van der Waals surface area contributed by atoms with E-state index in [0.717, 1.165) is 37.4 Å². The van der Waals surface area contributed by atoms with Gasteiger partial charge in [0.2, 0.25) is 5.91 Å². The lowest BCUT2D eigenvalue weighted by Crippen LogP contribution is -2.47. The smallest absolute Gasteiger partial charge is 0.343 e. The monoisotopic (exact) mass is 442 g/mol. The molecule has 2 aliphatic rings. The van der Waals surface area contributed by atoms with Gasteiger partial charge in [0.25, 0.3) is 0 Å². The number of carbonyl (C=O) groups excluding carboxylic acids is 2. The van der Waals surface area contributed by atoms with E-state index in [1.807, 2.05) is 0 Å². The van der Waals surface area contributed by atoms with Crippen molar-refractivity contribution in [2.45, 2.75) is 56.3 Å². The van der Waals surface area contributed by atoms with Crippen LogP contribution in [0.25, 0.3) is 0 Å². The molecule has 3 rings (SSSR count). The third-order valence-electron chi connectivity index (χ3n) is 5.22. The minimum absolute atomic E-state index is 0.00272. The van der Waals surface area contributed by atoms with Crippen LogP contribution < -0.4 is 5.73 Å². The lowest BCUT2D eigenvalue weighted by atomic mass is 10.1. The van der Waals surface area contributed by atoms with Crippen LogP contribution in [0.3, 0.4) is 0 Å². The van der Waals surface area contributed by atoms with Crippen LogP contribution in [0.2, 0.25) is 0 Å². The van der Waals surface area contributed by atoms with Crippen molar-refractivity contribution in [1.29, 1.82) is 0 Å². The Morgan fingerprint density at radius 2 is 2.00 bits per heavy atom. The molecule has 1 aliphatic heterocycles. The second kappa shape index (κ2) is 9.29. The van der Waals surface area contributed by atoms with Crippen LogP contribution in [-0.4, -0.2) is 71.1 Å². The number of ether oxygens (including phenoxy) is 1. The molecule has 160 valence electrons. The summed E-state index contributed by atoms with van der Waals surface area (Å²) in [5, 5.41) is 0.286. The highest BCUT2D eigenvalue weighted by Gasteiger charge is 2.38. The predicted molar refractivity (Wildman–Crippen MR) is 109 cm³/mol. The zero-order valence-corrected chi connectivity index (χ0v) is 18.0. The lowest BCUT2D eigenvalue weighted by Gasteiger charge is -2.34. The fourth-order valence-electron chi connectivity index (χ4n) is 3.90. The second-order valence-electron chi connectivity index (χ2n) is 7.26. The van der Waals surface area contributed by atoms with Crippen LogP contribution in [0.1, 0.15) is 49.4 Å². The highest BCUT2D eigenvalue weighted by molar-refractivity contribution is 7.99. The van der Waals surface area contributed by atoms with Crippen LogP contribution in [0.5, 0.6) is 0 Å². The van der Waals surface area contributed by atoms with E-state index in [1.165, 1.54) is 6.20 Å². The van der Waals surface area contributed by atoms with Crippen molar-refractivity contribution >= 4 is 39.3 Å². The molecule has 2 heterocycles. The number of aromatic nitrogens is 2. The number of sulfone groups is 1. The number of thioether (sulfide) groups is 1. The van der Waals surface area contributed by atoms with E-state index in [4.69, 9.17) is 10.5 Å². The first-order chi connectivity index (χ1) is 13.8. The molecule has 1 atom stereocenters. The molecule has 1 saturated heterocycles. The van der Waals surface area contributed by atoms with Crippen LogP contribution in [0, 0.1) is 0 Å². The molecule has 2 fully saturated rings. The number of rotatable bonds is 7. The summed E-state index contributed by atoms with van der Waals surface area (Å²) < 4.78 is 28.7. The van der Waals surface area contributed by atoms with Gasteiger partial charge in [-0.1, -0.05) is 24.6 Å². The maximum Gasteiger partial charge on any atom is 0.343 e. The summed E-state index contributed by atoms with van der Waals surface area (Å²) in [5.74, 6) is -0.435. The Hall–Kier alpha value is -1.88. The van der Waals surface area contributed by atoms with Gasteiger partial charge in [-0.15, -0.1) is 0 Å². The fourth-order valence-corrected chi connectivity index (χ4v) is 6.30. The number of amides is 1. The molecule has 0 aromatic carbocycles. The Morgan fingerprint density at radius 1 is 1.28 bits per heavy atom. The molecule has 1 amide bonds. The van der Waals surface area contributed by atoms with Crippen LogP contribution in [-0.2, 0) is 19.4 Å². The van der Waals surface area contributed by atoms with Crippen LogP contribution in [0.15, 0.2) is 11.4 Å². The molecule has 29 heavy (non-hydrogen) atoms. The lowest BCUT2D eigenvalue weighted by molar-refractivity contribution is -0.132. The van der Waals surface area contributed by atoms with Crippen molar-refractivity contribution in [1.82, 2.24) is 14.9 Å². The SMILES string of the molecule is CCOC(=O)c1cnc(SCC(=O)N(C2CCCC2)[C@@H]2CCS(=O)(=O)C2)nc1N. The number of anilines is 1. The van der Waals surface area contributed by atoms with Gasteiger partial charge in [0.05, 0.1) is 23.9 Å². The summed E-state index contributed by atoms with van der Waals surface area (Å²) in [6.07, 6.45) is 5.71. The molecular weight excluding hydrogens is 416 g/mol. The third kappa shape index (κ3) is 5.39. The highest BCUT2D eigenvalue weighted by Crippen LogP contribution is 2.30. The molecule has 1 aromatic rings. The average Bonchev–Trinajstić information content (AvgIpc) is 3.30. The number of carbonyl (C=O) groups is 2. The van der Waals surface area contributed by atoms with E-state index < -0.39 is 15.8 Å². The second-order valence-corrected chi connectivity index (χ2v) is 10.4. The van der Waals surface area contributed by atoms with E-state index in [-0.39, 0.29) is 58.4 Å². The summed E-state index contributed by atoms with van der Waals surface area (Å²) in [4.78, 5) is 34.8. The molecule has 0 spiro atoms. The molecular formula is C18H26N4O5S2. The van der Waals surface area contributed by atoms with Crippen molar-refractivity contribution in [2.75, 3.05) is 29.6 Å². The van der Waals surface area contributed by atoms with Crippen LogP contribution >= 0.6 is 11.8 Å². The summed E-state index contributed by atoms with van der Waals surface area (Å²) >= 11 is 1.13. The van der Waals surface area contributed by atoms with Crippen molar-refractivity contribution in [2.24, 2.45) is 0 Å². The number of nitrogens with zero attached hydrogens (tertiary/aromatic N) is 3. The average molecular weight is 443 g/mol. The van der Waals surface area contributed by atoms with E-state index in [0.29, 0.717) is 6.42 Å². The first-order valence-corrected chi connectivity index (χ1v) is 12.6. The van der Waals surface area contributed by atoms with E-state index in [9.17, 15) is 18.0 Å². The molecule has 2 N–H and O–H groups in total. The maximum atomic E-state index is 13.0. The molecule has 1 aliphatic carbocycles. The number of esters is 1. The van der Waals surface area contributed by atoms with Gasteiger partial charge in [0.1, 0.15) is 11.4 Å². The Morgan fingerprint density at radius 3 is 2.59 bits per heavy atom. The zero-order chi connectivity index (χ0) is 21.0. The number of hydrogen-bond acceptors (Lipinski definition) is 9. The Bertz CT molecular complexity index is 871.